The first-order chi connectivity index (χ1) is 7.65. The van der Waals surface area contributed by atoms with Crippen LogP contribution in [0.15, 0.2) is 18.3 Å². The van der Waals surface area contributed by atoms with Gasteiger partial charge >= 0.3 is 6.03 Å². The van der Waals surface area contributed by atoms with Gasteiger partial charge in [0.1, 0.15) is 0 Å². The number of hydrogen-bond acceptors (Lipinski definition) is 3. The standard InChI is InChI=1S/C11H17N3O2/c1-3-9(7-15)13-11(16)14-10-4-5-12-8(2)6-10/h4-6,9,15H,3,7H2,1-2H3,(H2,12,13,14,16). The Balaban J connectivity index is 2.51. The molecule has 0 saturated heterocycles. The molecule has 16 heavy (non-hydrogen) atoms. The van der Waals surface area contributed by atoms with Gasteiger partial charge < -0.3 is 15.7 Å². The minimum atomic E-state index is -0.313. The SMILES string of the molecule is CCC(CO)NC(=O)Nc1ccnc(C)c1. The van der Waals surface area contributed by atoms with Crippen molar-refractivity contribution in [2.75, 3.05) is 11.9 Å². The summed E-state index contributed by atoms with van der Waals surface area (Å²) in [5.74, 6) is 0. The van der Waals surface area contributed by atoms with E-state index in [1.165, 1.54) is 0 Å². The second kappa shape index (κ2) is 6.07. The maximum atomic E-state index is 11.5. The fraction of sp³-hybridized carbons (Fsp3) is 0.455. The fourth-order valence-electron chi connectivity index (χ4n) is 1.25. The van der Waals surface area contributed by atoms with Gasteiger partial charge in [0.25, 0.3) is 0 Å². The molecule has 2 amide bonds. The van der Waals surface area contributed by atoms with Crippen molar-refractivity contribution in [1.82, 2.24) is 10.3 Å². The molecule has 5 nitrogen and oxygen atoms in total. The molecular formula is C11H17N3O2. The quantitative estimate of drug-likeness (QED) is 0.720. The van der Waals surface area contributed by atoms with E-state index in [0.29, 0.717) is 12.1 Å². The highest BCUT2D eigenvalue weighted by atomic mass is 16.3. The highest BCUT2D eigenvalue weighted by molar-refractivity contribution is 5.89. The molecular weight excluding hydrogens is 206 g/mol. The second-order valence-corrected chi connectivity index (χ2v) is 3.57. The van der Waals surface area contributed by atoms with E-state index in [1.54, 1.807) is 18.3 Å². The summed E-state index contributed by atoms with van der Waals surface area (Å²) >= 11 is 0. The molecule has 0 spiro atoms. The van der Waals surface area contributed by atoms with E-state index in [2.05, 4.69) is 15.6 Å². The molecule has 1 rings (SSSR count). The van der Waals surface area contributed by atoms with Gasteiger partial charge in [-0.1, -0.05) is 6.92 Å². The molecule has 1 heterocycles. The van der Waals surface area contributed by atoms with Gasteiger partial charge in [-0.15, -0.1) is 0 Å². The van der Waals surface area contributed by atoms with Gasteiger partial charge in [-0.3, -0.25) is 4.98 Å². The largest absolute Gasteiger partial charge is 0.394 e. The van der Waals surface area contributed by atoms with Crippen LogP contribution in [-0.2, 0) is 0 Å². The molecule has 0 aromatic carbocycles. The monoisotopic (exact) mass is 223 g/mol. The first-order valence-corrected chi connectivity index (χ1v) is 5.26. The third-order valence-electron chi connectivity index (χ3n) is 2.20. The second-order valence-electron chi connectivity index (χ2n) is 3.57. The number of aromatic nitrogens is 1. The van der Waals surface area contributed by atoms with Crippen LogP contribution in [0.3, 0.4) is 0 Å². The molecule has 1 unspecified atom stereocenters. The third-order valence-corrected chi connectivity index (χ3v) is 2.20. The number of hydrogen-bond donors (Lipinski definition) is 3. The zero-order valence-electron chi connectivity index (χ0n) is 9.53. The van der Waals surface area contributed by atoms with Crippen LogP contribution in [0, 0.1) is 6.92 Å². The summed E-state index contributed by atoms with van der Waals surface area (Å²) in [5, 5.41) is 14.3. The van der Waals surface area contributed by atoms with Crippen LogP contribution in [0.5, 0.6) is 0 Å². The highest BCUT2D eigenvalue weighted by Crippen LogP contribution is 2.06. The van der Waals surface area contributed by atoms with Gasteiger partial charge in [0.05, 0.1) is 12.6 Å². The Morgan fingerprint density at radius 3 is 2.94 bits per heavy atom. The molecule has 0 fully saturated rings. The Labute approximate surface area is 94.9 Å². The Bertz CT molecular complexity index is 351. The van der Waals surface area contributed by atoms with Crippen LogP contribution in [0.25, 0.3) is 0 Å². The van der Waals surface area contributed by atoms with Gasteiger partial charge in [0, 0.05) is 17.6 Å². The van der Waals surface area contributed by atoms with E-state index in [-0.39, 0.29) is 18.7 Å². The Morgan fingerprint density at radius 1 is 1.62 bits per heavy atom. The number of rotatable bonds is 4. The van der Waals surface area contributed by atoms with E-state index in [0.717, 1.165) is 5.69 Å². The molecule has 0 saturated carbocycles. The minimum Gasteiger partial charge on any atom is -0.394 e. The van der Waals surface area contributed by atoms with Crippen LogP contribution in [0.1, 0.15) is 19.0 Å². The van der Waals surface area contributed by atoms with Crippen molar-refractivity contribution in [3.63, 3.8) is 0 Å². The lowest BCUT2D eigenvalue weighted by Gasteiger charge is -2.14. The van der Waals surface area contributed by atoms with E-state index in [9.17, 15) is 4.79 Å². The maximum Gasteiger partial charge on any atom is 0.319 e. The summed E-state index contributed by atoms with van der Waals surface area (Å²) in [7, 11) is 0. The summed E-state index contributed by atoms with van der Waals surface area (Å²) in [5.41, 5.74) is 1.53. The number of nitrogens with zero attached hydrogens (tertiary/aromatic N) is 1. The van der Waals surface area contributed by atoms with Crippen molar-refractivity contribution in [3.8, 4) is 0 Å². The summed E-state index contributed by atoms with van der Waals surface area (Å²) in [6, 6.07) is 2.97. The van der Waals surface area contributed by atoms with Gasteiger partial charge in [0.15, 0.2) is 0 Å². The number of carbonyl (C=O) groups is 1. The fourth-order valence-corrected chi connectivity index (χ4v) is 1.25. The number of urea groups is 1. The third kappa shape index (κ3) is 3.86. The Morgan fingerprint density at radius 2 is 2.38 bits per heavy atom. The number of aliphatic hydroxyl groups is 1. The summed E-state index contributed by atoms with van der Waals surface area (Å²) < 4.78 is 0. The van der Waals surface area contributed by atoms with Crippen molar-refractivity contribution in [3.05, 3.63) is 24.0 Å². The van der Waals surface area contributed by atoms with E-state index in [4.69, 9.17) is 5.11 Å². The van der Waals surface area contributed by atoms with Crippen molar-refractivity contribution < 1.29 is 9.90 Å². The van der Waals surface area contributed by atoms with Gasteiger partial charge in [-0.25, -0.2) is 4.79 Å². The van der Waals surface area contributed by atoms with Crippen LogP contribution < -0.4 is 10.6 Å². The zero-order valence-corrected chi connectivity index (χ0v) is 9.53. The zero-order chi connectivity index (χ0) is 12.0. The topological polar surface area (TPSA) is 74.2 Å². The van der Waals surface area contributed by atoms with Crippen LogP contribution >= 0.6 is 0 Å². The number of anilines is 1. The van der Waals surface area contributed by atoms with Gasteiger partial charge in [-0.2, -0.15) is 0 Å². The number of pyridine rings is 1. The van der Waals surface area contributed by atoms with Crippen molar-refractivity contribution in [2.24, 2.45) is 0 Å². The molecule has 0 aliphatic rings. The highest BCUT2D eigenvalue weighted by Gasteiger charge is 2.08. The van der Waals surface area contributed by atoms with Crippen molar-refractivity contribution in [1.29, 1.82) is 0 Å². The van der Waals surface area contributed by atoms with E-state index < -0.39 is 0 Å². The van der Waals surface area contributed by atoms with E-state index in [1.807, 2.05) is 13.8 Å². The summed E-state index contributed by atoms with van der Waals surface area (Å²) in [4.78, 5) is 15.5. The Hall–Kier alpha value is -1.62. The summed E-state index contributed by atoms with van der Waals surface area (Å²) in [6.45, 7) is 3.70. The predicted molar refractivity (Wildman–Crippen MR) is 62.3 cm³/mol. The molecule has 0 bridgehead atoms. The number of nitrogens with one attached hydrogen (secondary N) is 2. The number of aryl methyl sites for hydroxylation is 1. The molecule has 5 heteroatoms. The predicted octanol–water partition coefficient (Wildman–Crippen LogP) is 1.28. The average molecular weight is 223 g/mol. The Kier molecular flexibility index (Phi) is 4.72. The first kappa shape index (κ1) is 12.4. The molecule has 1 atom stereocenters. The molecule has 0 aliphatic heterocycles. The van der Waals surface area contributed by atoms with Crippen LogP contribution in [-0.4, -0.2) is 28.8 Å². The van der Waals surface area contributed by atoms with Crippen molar-refractivity contribution in [2.45, 2.75) is 26.3 Å². The maximum absolute atomic E-state index is 11.5. The van der Waals surface area contributed by atoms with Gasteiger partial charge in [-0.05, 0) is 25.5 Å². The number of carbonyl (C=O) groups excluding carboxylic acids is 1. The van der Waals surface area contributed by atoms with E-state index >= 15 is 0 Å². The smallest absolute Gasteiger partial charge is 0.319 e. The normalized spacial score (nSPS) is 11.9. The van der Waals surface area contributed by atoms with Crippen LogP contribution in [0.4, 0.5) is 10.5 Å². The lowest BCUT2D eigenvalue weighted by molar-refractivity contribution is 0.222. The summed E-state index contributed by atoms with van der Waals surface area (Å²) in [6.07, 6.45) is 2.33. The molecule has 0 aliphatic carbocycles. The van der Waals surface area contributed by atoms with Crippen molar-refractivity contribution >= 4 is 11.7 Å². The average Bonchev–Trinajstić information content (AvgIpc) is 2.26. The lowest BCUT2D eigenvalue weighted by Crippen LogP contribution is -2.39. The van der Waals surface area contributed by atoms with Crippen LogP contribution in [0.2, 0.25) is 0 Å². The number of aliphatic hydroxyl groups excluding tert-OH is 1. The molecule has 1 aromatic rings. The number of amides is 2. The molecule has 3 N–H and O–H groups in total. The minimum absolute atomic E-state index is 0.0563. The first-order valence-electron chi connectivity index (χ1n) is 5.26. The lowest BCUT2D eigenvalue weighted by atomic mass is 10.2. The molecule has 88 valence electrons. The van der Waals surface area contributed by atoms with Gasteiger partial charge in [0.2, 0.25) is 0 Å². The molecule has 1 aromatic heterocycles. The molecule has 0 radical (unpaired) electrons.